The van der Waals surface area contributed by atoms with Crippen LogP contribution in [0.1, 0.15) is 90.0 Å². The van der Waals surface area contributed by atoms with Gasteiger partial charge in [-0.3, -0.25) is 0 Å². The largest absolute Gasteiger partial charge is 0.493 e. The lowest BCUT2D eigenvalue weighted by molar-refractivity contribution is 0.128. The SMILES string of the molecule is CCCCCCCCc1cnc(-c2ccc(OCCC(F)C(F)CCCCC)cc2)nc1. The first-order valence-corrected chi connectivity index (χ1v) is 12.5. The number of ether oxygens (including phenoxy) is 1. The molecule has 0 radical (unpaired) electrons. The second-order valence-electron chi connectivity index (χ2n) is 8.62. The highest BCUT2D eigenvalue weighted by molar-refractivity contribution is 5.55. The zero-order valence-electron chi connectivity index (χ0n) is 19.9. The van der Waals surface area contributed by atoms with Gasteiger partial charge in [0.1, 0.15) is 18.1 Å². The minimum Gasteiger partial charge on any atom is -0.493 e. The predicted molar refractivity (Wildman–Crippen MR) is 129 cm³/mol. The van der Waals surface area contributed by atoms with Crippen LogP contribution in [0.4, 0.5) is 8.78 Å². The molecule has 2 aromatic rings. The summed E-state index contributed by atoms with van der Waals surface area (Å²) < 4.78 is 33.3. The van der Waals surface area contributed by atoms with Crippen molar-refractivity contribution in [2.45, 2.75) is 103 Å². The average molecular weight is 447 g/mol. The number of benzene rings is 1. The number of nitrogens with zero attached hydrogens (tertiary/aromatic N) is 2. The molecule has 1 aromatic heterocycles. The van der Waals surface area contributed by atoms with E-state index in [1.807, 2.05) is 36.7 Å². The van der Waals surface area contributed by atoms with Gasteiger partial charge in [0, 0.05) is 24.4 Å². The molecule has 0 aliphatic rings. The Morgan fingerprint density at radius 2 is 1.34 bits per heavy atom. The Kier molecular flexibility index (Phi) is 12.9. The number of rotatable bonds is 17. The summed E-state index contributed by atoms with van der Waals surface area (Å²) in [6, 6.07) is 7.44. The molecule has 0 bridgehead atoms. The van der Waals surface area contributed by atoms with Crippen LogP contribution in [0.15, 0.2) is 36.7 Å². The van der Waals surface area contributed by atoms with E-state index in [4.69, 9.17) is 4.74 Å². The number of aromatic nitrogens is 2. The van der Waals surface area contributed by atoms with Crippen molar-refractivity contribution >= 4 is 0 Å². The van der Waals surface area contributed by atoms with Crippen LogP contribution in [0.25, 0.3) is 11.4 Å². The van der Waals surface area contributed by atoms with Crippen LogP contribution < -0.4 is 4.74 Å². The van der Waals surface area contributed by atoms with Crippen molar-refractivity contribution < 1.29 is 13.5 Å². The fraction of sp³-hybridized carbons (Fsp3) is 0.630. The van der Waals surface area contributed by atoms with Gasteiger partial charge in [0.25, 0.3) is 0 Å². The van der Waals surface area contributed by atoms with Gasteiger partial charge in [-0.2, -0.15) is 0 Å². The van der Waals surface area contributed by atoms with Crippen LogP contribution >= 0.6 is 0 Å². The van der Waals surface area contributed by atoms with Gasteiger partial charge in [-0.15, -0.1) is 0 Å². The van der Waals surface area contributed by atoms with Crippen molar-refractivity contribution in [2.24, 2.45) is 0 Å². The van der Waals surface area contributed by atoms with Gasteiger partial charge in [0.2, 0.25) is 0 Å². The third-order valence-corrected chi connectivity index (χ3v) is 5.78. The predicted octanol–water partition coefficient (Wildman–Crippen LogP) is 8.07. The second kappa shape index (κ2) is 15.7. The Labute approximate surface area is 193 Å². The van der Waals surface area contributed by atoms with E-state index < -0.39 is 12.3 Å². The highest BCUT2D eigenvalue weighted by Gasteiger charge is 2.19. The third kappa shape index (κ3) is 10.1. The summed E-state index contributed by atoms with van der Waals surface area (Å²) in [6.45, 7) is 4.45. The van der Waals surface area contributed by atoms with E-state index in [1.54, 1.807) is 0 Å². The molecule has 1 heterocycles. The van der Waals surface area contributed by atoms with Gasteiger partial charge >= 0.3 is 0 Å². The minimum atomic E-state index is -1.46. The first-order chi connectivity index (χ1) is 15.6. The lowest BCUT2D eigenvalue weighted by Gasteiger charge is -2.14. The van der Waals surface area contributed by atoms with Crippen molar-refractivity contribution in [2.75, 3.05) is 6.61 Å². The Hall–Kier alpha value is -2.04. The topological polar surface area (TPSA) is 35.0 Å². The Morgan fingerprint density at radius 1 is 0.750 bits per heavy atom. The molecule has 2 atom stereocenters. The van der Waals surface area contributed by atoms with Crippen molar-refractivity contribution in [3.8, 4) is 17.1 Å². The van der Waals surface area contributed by atoms with Gasteiger partial charge < -0.3 is 4.74 Å². The monoisotopic (exact) mass is 446 g/mol. The van der Waals surface area contributed by atoms with Crippen LogP contribution in [-0.4, -0.2) is 28.9 Å². The second-order valence-corrected chi connectivity index (χ2v) is 8.62. The normalized spacial score (nSPS) is 13.1. The fourth-order valence-electron chi connectivity index (χ4n) is 3.68. The molecule has 2 unspecified atom stereocenters. The molecule has 0 saturated heterocycles. The van der Waals surface area contributed by atoms with E-state index >= 15 is 0 Å². The molecule has 32 heavy (non-hydrogen) atoms. The smallest absolute Gasteiger partial charge is 0.159 e. The molecular weight excluding hydrogens is 406 g/mol. The van der Waals surface area contributed by atoms with E-state index in [2.05, 4.69) is 23.8 Å². The summed E-state index contributed by atoms with van der Waals surface area (Å²) in [5.74, 6) is 1.32. The highest BCUT2D eigenvalue weighted by Crippen LogP contribution is 2.21. The van der Waals surface area contributed by atoms with Crippen LogP contribution in [0.2, 0.25) is 0 Å². The number of halogens is 2. The third-order valence-electron chi connectivity index (χ3n) is 5.78. The average Bonchev–Trinajstić information content (AvgIpc) is 2.82. The fourth-order valence-corrected chi connectivity index (χ4v) is 3.68. The number of aryl methyl sites for hydroxylation is 1. The highest BCUT2D eigenvalue weighted by atomic mass is 19.2. The van der Waals surface area contributed by atoms with Crippen molar-refractivity contribution in [3.05, 3.63) is 42.2 Å². The minimum absolute atomic E-state index is 0.0677. The van der Waals surface area contributed by atoms with Gasteiger partial charge in [-0.05, 0) is 49.1 Å². The molecule has 5 heteroatoms. The number of alkyl halides is 2. The van der Waals surface area contributed by atoms with Crippen LogP contribution in [0, 0.1) is 0 Å². The molecular formula is C27H40F2N2O. The van der Waals surface area contributed by atoms with Crippen molar-refractivity contribution in [1.29, 1.82) is 0 Å². The van der Waals surface area contributed by atoms with Crippen LogP contribution in [0.3, 0.4) is 0 Å². The Bertz CT molecular complexity index is 721. The van der Waals surface area contributed by atoms with Gasteiger partial charge in [0.15, 0.2) is 5.82 Å². The molecule has 0 amide bonds. The summed E-state index contributed by atoms with van der Waals surface area (Å²) in [6.07, 6.45) is 12.7. The quantitative estimate of drug-likeness (QED) is 0.230. The molecule has 2 rings (SSSR count). The summed E-state index contributed by atoms with van der Waals surface area (Å²) in [4.78, 5) is 9.00. The summed E-state index contributed by atoms with van der Waals surface area (Å²) in [5, 5.41) is 0. The molecule has 3 nitrogen and oxygen atoms in total. The summed E-state index contributed by atoms with van der Waals surface area (Å²) in [5.41, 5.74) is 2.08. The van der Waals surface area contributed by atoms with Crippen LogP contribution in [0.5, 0.6) is 5.75 Å². The van der Waals surface area contributed by atoms with Gasteiger partial charge in [-0.25, -0.2) is 18.7 Å². The zero-order chi connectivity index (χ0) is 23.0. The molecule has 1 aromatic carbocycles. The van der Waals surface area contributed by atoms with Gasteiger partial charge in [0.05, 0.1) is 6.61 Å². The molecule has 178 valence electrons. The first kappa shape index (κ1) is 26.2. The number of hydrogen-bond acceptors (Lipinski definition) is 3. The lowest BCUT2D eigenvalue weighted by Crippen LogP contribution is -2.20. The lowest BCUT2D eigenvalue weighted by atomic mass is 10.1. The Morgan fingerprint density at radius 3 is 2.03 bits per heavy atom. The molecule has 0 aliphatic heterocycles. The maximum Gasteiger partial charge on any atom is 0.159 e. The van der Waals surface area contributed by atoms with E-state index in [0.717, 1.165) is 31.2 Å². The van der Waals surface area contributed by atoms with Crippen molar-refractivity contribution in [3.63, 3.8) is 0 Å². The van der Waals surface area contributed by atoms with Crippen molar-refractivity contribution in [1.82, 2.24) is 9.97 Å². The standard InChI is InChI=1S/C27H40F2N2O/c1-3-5-7-8-9-11-12-22-20-30-27(31-21-22)23-14-16-24(17-15-23)32-19-18-26(29)25(28)13-10-6-4-2/h14-17,20-21,25-26H,3-13,18-19H2,1-2H3. The van der Waals surface area contributed by atoms with E-state index in [0.29, 0.717) is 18.0 Å². The zero-order valence-corrected chi connectivity index (χ0v) is 19.9. The van der Waals surface area contributed by atoms with Gasteiger partial charge in [-0.1, -0.05) is 65.2 Å². The number of unbranched alkanes of at least 4 members (excludes halogenated alkanes) is 7. The Balaban J connectivity index is 1.71. The van der Waals surface area contributed by atoms with Crippen LogP contribution in [-0.2, 0) is 6.42 Å². The first-order valence-electron chi connectivity index (χ1n) is 12.5. The maximum absolute atomic E-state index is 13.9. The molecule has 0 saturated carbocycles. The molecule has 0 N–H and O–H groups in total. The van der Waals surface area contributed by atoms with E-state index in [-0.39, 0.29) is 13.0 Å². The van der Waals surface area contributed by atoms with E-state index in [9.17, 15) is 8.78 Å². The maximum atomic E-state index is 13.9. The molecule has 0 fully saturated rings. The summed E-state index contributed by atoms with van der Waals surface area (Å²) >= 11 is 0. The number of hydrogen-bond donors (Lipinski definition) is 0. The summed E-state index contributed by atoms with van der Waals surface area (Å²) in [7, 11) is 0. The molecule has 0 spiro atoms. The molecule has 0 aliphatic carbocycles. The van der Waals surface area contributed by atoms with E-state index in [1.165, 1.54) is 44.1 Å².